The van der Waals surface area contributed by atoms with Crippen molar-refractivity contribution in [3.8, 4) is 0 Å². The minimum Gasteiger partial charge on any atom is -0.346 e. The summed E-state index contributed by atoms with van der Waals surface area (Å²) in [5, 5.41) is 0. The average Bonchev–Trinajstić information content (AvgIpc) is 3.07. The van der Waals surface area contributed by atoms with Crippen LogP contribution in [0.1, 0.15) is 52.3 Å². The van der Waals surface area contributed by atoms with E-state index in [4.69, 9.17) is 5.73 Å². The Morgan fingerprint density at radius 1 is 1.33 bits per heavy atom. The van der Waals surface area contributed by atoms with E-state index < -0.39 is 10.0 Å². The van der Waals surface area contributed by atoms with Crippen molar-refractivity contribution in [2.24, 2.45) is 17.1 Å². The van der Waals surface area contributed by atoms with Gasteiger partial charge >= 0.3 is 0 Å². The standard InChI is InChI=1S/C15H27N3O2S/c1-11(2)15(5-6-15)10-17-21(19,20)14-7-13(8-16)18(9-14)12(3)4/h7,9,11-12,17H,5-6,8,10,16H2,1-4H3. The Hall–Kier alpha value is -0.850. The molecule has 1 aliphatic rings. The van der Waals surface area contributed by atoms with Crippen molar-refractivity contribution in [2.45, 2.75) is 58.0 Å². The largest absolute Gasteiger partial charge is 0.346 e. The van der Waals surface area contributed by atoms with Gasteiger partial charge in [0.25, 0.3) is 0 Å². The summed E-state index contributed by atoms with van der Waals surface area (Å²) in [6, 6.07) is 1.87. The Labute approximate surface area is 128 Å². The number of aromatic nitrogens is 1. The second-order valence-electron chi connectivity index (χ2n) is 6.71. The second-order valence-corrected chi connectivity index (χ2v) is 8.48. The summed E-state index contributed by atoms with van der Waals surface area (Å²) >= 11 is 0. The summed E-state index contributed by atoms with van der Waals surface area (Å²) in [4.78, 5) is 0.316. The lowest BCUT2D eigenvalue weighted by atomic mass is 9.93. The second kappa shape index (κ2) is 5.74. The molecule has 3 N–H and O–H groups in total. The Morgan fingerprint density at radius 3 is 2.33 bits per heavy atom. The SMILES string of the molecule is CC(C)n1cc(S(=O)(=O)NCC2(C(C)C)CC2)cc1CN. The maximum Gasteiger partial charge on any atom is 0.242 e. The highest BCUT2D eigenvalue weighted by molar-refractivity contribution is 7.89. The van der Waals surface area contributed by atoms with E-state index in [1.807, 2.05) is 18.4 Å². The van der Waals surface area contributed by atoms with Crippen LogP contribution in [0.3, 0.4) is 0 Å². The molecule has 0 amide bonds. The summed E-state index contributed by atoms with van der Waals surface area (Å²) in [5.74, 6) is 0.500. The van der Waals surface area contributed by atoms with Gasteiger partial charge in [-0.2, -0.15) is 0 Å². The van der Waals surface area contributed by atoms with Crippen molar-refractivity contribution in [1.29, 1.82) is 0 Å². The van der Waals surface area contributed by atoms with E-state index in [9.17, 15) is 8.42 Å². The van der Waals surface area contributed by atoms with Crippen LogP contribution in [0.4, 0.5) is 0 Å². The van der Waals surface area contributed by atoms with Gasteiger partial charge in [-0.15, -0.1) is 0 Å². The maximum absolute atomic E-state index is 12.5. The molecule has 1 aromatic rings. The van der Waals surface area contributed by atoms with Gasteiger partial charge in [0.05, 0.1) is 4.90 Å². The van der Waals surface area contributed by atoms with E-state index in [1.165, 1.54) is 0 Å². The van der Waals surface area contributed by atoms with Crippen LogP contribution < -0.4 is 10.5 Å². The number of nitrogens with zero attached hydrogens (tertiary/aromatic N) is 1. The lowest BCUT2D eigenvalue weighted by Crippen LogP contribution is -2.32. The molecule has 1 fully saturated rings. The minimum absolute atomic E-state index is 0.157. The fourth-order valence-electron chi connectivity index (χ4n) is 2.73. The van der Waals surface area contributed by atoms with Gasteiger partial charge in [-0.3, -0.25) is 0 Å². The van der Waals surface area contributed by atoms with E-state index in [0.717, 1.165) is 18.5 Å². The number of hydrogen-bond donors (Lipinski definition) is 2. The molecule has 0 saturated heterocycles. The predicted octanol–water partition coefficient (Wildman–Crippen LogP) is 2.24. The Kier molecular flexibility index (Phi) is 4.52. The summed E-state index contributed by atoms with van der Waals surface area (Å²) in [5.41, 5.74) is 6.70. The summed E-state index contributed by atoms with van der Waals surface area (Å²) < 4.78 is 29.6. The van der Waals surface area contributed by atoms with Gasteiger partial charge in [0, 0.05) is 31.0 Å². The molecule has 2 rings (SSSR count). The molecule has 6 heteroatoms. The lowest BCUT2D eigenvalue weighted by molar-refractivity contribution is 0.357. The van der Waals surface area contributed by atoms with Crippen LogP contribution in [0.5, 0.6) is 0 Å². The summed E-state index contributed by atoms with van der Waals surface area (Å²) in [6.07, 6.45) is 3.90. The summed E-state index contributed by atoms with van der Waals surface area (Å²) in [6.45, 7) is 9.20. The Balaban J connectivity index is 2.16. The zero-order valence-electron chi connectivity index (χ0n) is 13.4. The van der Waals surface area contributed by atoms with E-state index in [1.54, 1.807) is 12.3 Å². The van der Waals surface area contributed by atoms with E-state index in [2.05, 4.69) is 18.6 Å². The highest BCUT2D eigenvalue weighted by Gasteiger charge is 2.45. The van der Waals surface area contributed by atoms with Gasteiger partial charge in [0.2, 0.25) is 10.0 Å². The van der Waals surface area contributed by atoms with Gasteiger partial charge in [-0.05, 0) is 44.1 Å². The molecule has 21 heavy (non-hydrogen) atoms. The summed E-state index contributed by atoms with van der Waals surface area (Å²) in [7, 11) is -3.46. The lowest BCUT2D eigenvalue weighted by Gasteiger charge is -2.19. The quantitative estimate of drug-likeness (QED) is 0.810. The Morgan fingerprint density at radius 2 is 1.95 bits per heavy atom. The molecule has 0 atom stereocenters. The average molecular weight is 313 g/mol. The third-order valence-corrected chi connectivity index (χ3v) is 6.08. The van der Waals surface area contributed by atoms with Gasteiger partial charge in [-0.25, -0.2) is 13.1 Å². The van der Waals surface area contributed by atoms with Crippen LogP contribution in [0, 0.1) is 11.3 Å². The molecule has 0 radical (unpaired) electrons. The molecule has 0 aromatic carbocycles. The number of nitrogens with two attached hydrogens (primary N) is 1. The van der Waals surface area contributed by atoms with Gasteiger partial charge in [0.15, 0.2) is 0 Å². The zero-order chi connectivity index (χ0) is 15.8. The highest BCUT2D eigenvalue weighted by atomic mass is 32.2. The van der Waals surface area contributed by atoms with Crippen molar-refractivity contribution in [3.63, 3.8) is 0 Å². The van der Waals surface area contributed by atoms with E-state index >= 15 is 0 Å². The number of nitrogens with one attached hydrogen (secondary N) is 1. The van der Waals surface area contributed by atoms with Crippen LogP contribution in [0.2, 0.25) is 0 Å². The Bertz CT molecular complexity index is 598. The zero-order valence-corrected chi connectivity index (χ0v) is 14.2. The van der Waals surface area contributed by atoms with Crippen molar-refractivity contribution >= 4 is 10.0 Å². The molecule has 0 bridgehead atoms. The van der Waals surface area contributed by atoms with E-state index in [0.29, 0.717) is 23.9 Å². The first-order valence-electron chi connectivity index (χ1n) is 7.62. The van der Waals surface area contributed by atoms with Crippen LogP contribution in [-0.2, 0) is 16.6 Å². The monoisotopic (exact) mass is 313 g/mol. The first-order valence-corrected chi connectivity index (χ1v) is 9.10. The maximum atomic E-state index is 12.5. The number of rotatable bonds is 7. The molecule has 0 aliphatic heterocycles. The van der Waals surface area contributed by atoms with Crippen molar-refractivity contribution < 1.29 is 8.42 Å². The van der Waals surface area contributed by atoms with Crippen molar-refractivity contribution in [2.75, 3.05) is 6.54 Å². The molecule has 120 valence electrons. The third kappa shape index (κ3) is 3.33. The first-order chi connectivity index (χ1) is 9.72. The molecule has 5 nitrogen and oxygen atoms in total. The van der Waals surface area contributed by atoms with Crippen LogP contribution in [-0.4, -0.2) is 19.5 Å². The minimum atomic E-state index is -3.46. The van der Waals surface area contributed by atoms with Crippen LogP contribution in [0.25, 0.3) is 0 Å². The number of hydrogen-bond acceptors (Lipinski definition) is 3. The topological polar surface area (TPSA) is 77.1 Å². The highest BCUT2D eigenvalue weighted by Crippen LogP contribution is 2.51. The van der Waals surface area contributed by atoms with E-state index in [-0.39, 0.29) is 11.5 Å². The van der Waals surface area contributed by atoms with Crippen LogP contribution >= 0.6 is 0 Å². The molecular weight excluding hydrogens is 286 g/mol. The fraction of sp³-hybridized carbons (Fsp3) is 0.733. The van der Waals surface area contributed by atoms with Crippen LogP contribution in [0.15, 0.2) is 17.2 Å². The molecule has 1 saturated carbocycles. The predicted molar refractivity (Wildman–Crippen MR) is 84.4 cm³/mol. The van der Waals surface area contributed by atoms with Gasteiger partial charge < -0.3 is 10.3 Å². The number of sulfonamides is 1. The molecule has 0 unspecified atom stereocenters. The van der Waals surface area contributed by atoms with Crippen molar-refractivity contribution in [1.82, 2.24) is 9.29 Å². The molecule has 1 aromatic heterocycles. The van der Waals surface area contributed by atoms with Crippen molar-refractivity contribution in [3.05, 3.63) is 18.0 Å². The normalized spacial score (nSPS) is 17.7. The first kappa shape index (κ1) is 16.5. The molecule has 1 aliphatic carbocycles. The van der Waals surface area contributed by atoms with Gasteiger partial charge in [0.1, 0.15) is 0 Å². The molecular formula is C15H27N3O2S. The van der Waals surface area contributed by atoms with Gasteiger partial charge in [-0.1, -0.05) is 13.8 Å². The fourth-order valence-corrected chi connectivity index (χ4v) is 3.92. The smallest absolute Gasteiger partial charge is 0.242 e. The molecule has 0 spiro atoms. The molecule has 1 heterocycles. The third-order valence-electron chi connectivity index (χ3n) is 4.71.